The first-order valence-electron chi connectivity index (χ1n) is 13.9. The number of aromatic nitrogens is 2. The van der Waals surface area contributed by atoms with Gasteiger partial charge in [0.05, 0.1) is 30.8 Å². The lowest BCUT2D eigenvalue weighted by Gasteiger charge is -2.27. The van der Waals surface area contributed by atoms with Crippen LogP contribution in [0.25, 0.3) is 10.8 Å². The van der Waals surface area contributed by atoms with E-state index in [0.717, 1.165) is 77.4 Å². The number of morpholine rings is 1. The summed E-state index contributed by atoms with van der Waals surface area (Å²) in [5.74, 6) is 1.44. The number of carbonyl (C=O) groups is 1. The Morgan fingerprint density at radius 2 is 1.80 bits per heavy atom. The third-order valence-electron chi connectivity index (χ3n) is 7.43. The highest BCUT2D eigenvalue weighted by Crippen LogP contribution is 2.37. The van der Waals surface area contributed by atoms with Gasteiger partial charge in [-0.2, -0.15) is 5.10 Å². The Bertz CT molecular complexity index is 1470. The van der Waals surface area contributed by atoms with Crippen LogP contribution in [0.15, 0.2) is 60.8 Å². The largest absolute Gasteiger partial charge is 0.491 e. The molecule has 0 bridgehead atoms. The molecule has 1 saturated heterocycles. The standard InChI is InChI=1S/C32H39N5O3/c1-22-10-11-24(32(3,4)5)21-28(22)37(29-12-13-33-35-29)31(38)34-27-20-23(2)30(26-9-7-6-8-25(26)27)40-19-16-36-14-17-39-18-15-36/h6-13,20-21H,14-19H2,1-5H3,(H,33,35)(H,34,38). The number of urea groups is 1. The van der Waals surface area contributed by atoms with Gasteiger partial charge in [-0.1, -0.05) is 57.2 Å². The average Bonchev–Trinajstić information content (AvgIpc) is 3.46. The van der Waals surface area contributed by atoms with Gasteiger partial charge < -0.3 is 14.8 Å². The van der Waals surface area contributed by atoms with Gasteiger partial charge in [0.1, 0.15) is 18.2 Å². The first kappa shape index (κ1) is 27.7. The molecule has 0 atom stereocenters. The molecule has 0 radical (unpaired) electrons. The van der Waals surface area contributed by atoms with Crippen molar-refractivity contribution in [3.8, 4) is 5.75 Å². The van der Waals surface area contributed by atoms with E-state index in [1.165, 1.54) is 0 Å². The summed E-state index contributed by atoms with van der Waals surface area (Å²) in [5, 5.41) is 12.2. The molecule has 1 aliphatic heterocycles. The van der Waals surface area contributed by atoms with Crippen LogP contribution >= 0.6 is 0 Å². The van der Waals surface area contributed by atoms with E-state index >= 15 is 0 Å². The Hall–Kier alpha value is -3.88. The zero-order valence-electron chi connectivity index (χ0n) is 24.1. The summed E-state index contributed by atoms with van der Waals surface area (Å²) < 4.78 is 11.8. The fourth-order valence-electron chi connectivity index (χ4n) is 5.09. The molecular formula is C32H39N5O3. The lowest BCUT2D eigenvalue weighted by Crippen LogP contribution is -2.38. The van der Waals surface area contributed by atoms with Crippen LogP contribution in [0.4, 0.5) is 22.0 Å². The monoisotopic (exact) mass is 541 g/mol. The molecule has 1 aliphatic rings. The molecule has 1 aromatic heterocycles. The van der Waals surface area contributed by atoms with E-state index in [9.17, 15) is 4.79 Å². The summed E-state index contributed by atoms with van der Waals surface area (Å²) in [5.41, 5.74) is 4.57. The van der Waals surface area contributed by atoms with Gasteiger partial charge in [-0.15, -0.1) is 0 Å². The predicted octanol–water partition coefficient (Wildman–Crippen LogP) is 6.56. The van der Waals surface area contributed by atoms with Crippen molar-refractivity contribution in [2.45, 2.75) is 40.0 Å². The summed E-state index contributed by atoms with van der Waals surface area (Å²) >= 11 is 0. The second-order valence-corrected chi connectivity index (χ2v) is 11.4. The van der Waals surface area contributed by atoms with Gasteiger partial charge in [-0.05, 0) is 48.1 Å². The van der Waals surface area contributed by atoms with Crippen LogP contribution in [0.1, 0.15) is 37.5 Å². The summed E-state index contributed by atoms with van der Waals surface area (Å²) in [4.78, 5) is 18.1. The number of H-pyrrole nitrogens is 1. The minimum absolute atomic E-state index is 0.0660. The maximum absolute atomic E-state index is 14.0. The van der Waals surface area contributed by atoms with E-state index < -0.39 is 0 Å². The summed E-state index contributed by atoms with van der Waals surface area (Å²) in [6.45, 7) is 15.4. The molecule has 2 amide bonds. The molecule has 2 N–H and O–H groups in total. The minimum Gasteiger partial charge on any atom is -0.491 e. The average molecular weight is 542 g/mol. The summed E-state index contributed by atoms with van der Waals surface area (Å²) in [7, 11) is 0. The molecular weight excluding hydrogens is 502 g/mol. The number of aromatic amines is 1. The first-order chi connectivity index (χ1) is 19.2. The second kappa shape index (κ2) is 11.7. The second-order valence-electron chi connectivity index (χ2n) is 11.4. The van der Waals surface area contributed by atoms with Crippen molar-refractivity contribution in [1.29, 1.82) is 0 Å². The third kappa shape index (κ3) is 5.98. The van der Waals surface area contributed by atoms with Crippen LogP contribution < -0.4 is 15.0 Å². The number of hydrogen-bond acceptors (Lipinski definition) is 5. The van der Waals surface area contributed by atoms with Gasteiger partial charge in [-0.25, -0.2) is 9.69 Å². The van der Waals surface area contributed by atoms with E-state index in [4.69, 9.17) is 9.47 Å². The number of anilines is 3. The Morgan fingerprint density at radius 3 is 2.50 bits per heavy atom. The molecule has 1 fully saturated rings. The molecule has 3 aromatic carbocycles. The molecule has 0 saturated carbocycles. The maximum atomic E-state index is 14.0. The van der Waals surface area contributed by atoms with Crippen molar-refractivity contribution in [3.05, 3.63) is 77.5 Å². The van der Waals surface area contributed by atoms with Gasteiger partial charge in [0.15, 0.2) is 0 Å². The van der Waals surface area contributed by atoms with Gasteiger partial charge in [-0.3, -0.25) is 10.00 Å². The Morgan fingerprint density at radius 1 is 1.05 bits per heavy atom. The highest BCUT2D eigenvalue weighted by atomic mass is 16.5. The van der Waals surface area contributed by atoms with Crippen LogP contribution in [0, 0.1) is 13.8 Å². The fraction of sp³-hybridized carbons (Fsp3) is 0.375. The first-order valence-corrected chi connectivity index (χ1v) is 13.9. The molecule has 210 valence electrons. The SMILES string of the molecule is Cc1ccc(C(C)(C)C)cc1N(C(=O)Nc1cc(C)c(OCCN2CCOCC2)c2ccccc12)c1ccn[nH]1. The van der Waals surface area contributed by atoms with E-state index in [-0.39, 0.29) is 11.4 Å². The van der Waals surface area contributed by atoms with Crippen LogP contribution in [0.3, 0.4) is 0 Å². The maximum Gasteiger partial charge on any atom is 0.332 e. The van der Waals surface area contributed by atoms with Crippen molar-refractivity contribution in [2.24, 2.45) is 0 Å². The van der Waals surface area contributed by atoms with Crippen LogP contribution in [0.5, 0.6) is 5.75 Å². The molecule has 8 heteroatoms. The summed E-state index contributed by atoms with van der Waals surface area (Å²) in [6, 6.07) is 17.8. The van der Waals surface area contributed by atoms with Crippen LogP contribution in [0.2, 0.25) is 0 Å². The van der Waals surface area contributed by atoms with E-state index in [1.54, 1.807) is 17.2 Å². The molecule has 0 unspecified atom stereocenters. The number of nitrogens with one attached hydrogen (secondary N) is 2. The van der Waals surface area contributed by atoms with Gasteiger partial charge in [0.25, 0.3) is 0 Å². The topological polar surface area (TPSA) is 82.7 Å². The van der Waals surface area contributed by atoms with E-state index in [0.29, 0.717) is 12.4 Å². The number of carbonyl (C=O) groups excluding carboxylic acids is 1. The molecule has 2 heterocycles. The normalized spacial score (nSPS) is 14.3. The van der Waals surface area contributed by atoms with Gasteiger partial charge >= 0.3 is 6.03 Å². The van der Waals surface area contributed by atoms with E-state index in [2.05, 4.69) is 59.4 Å². The molecule has 0 spiro atoms. The predicted molar refractivity (Wildman–Crippen MR) is 161 cm³/mol. The van der Waals surface area contributed by atoms with Gasteiger partial charge in [0.2, 0.25) is 0 Å². The van der Waals surface area contributed by atoms with Crippen molar-refractivity contribution < 1.29 is 14.3 Å². The lowest BCUT2D eigenvalue weighted by molar-refractivity contribution is 0.0323. The third-order valence-corrected chi connectivity index (χ3v) is 7.43. The highest BCUT2D eigenvalue weighted by molar-refractivity contribution is 6.11. The number of amides is 2. The number of nitrogens with zero attached hydrogens (tertiary/aromatic N) is 3. The highest BCUT2D eigenvalue weighted by Gasteiger charge is 2.25. The van der Waals surface area contributed by atoms with Crippen LogP contribution in [-0.2, 0) is 10.2 Å². The number of hydrogen-bond donors (Lipinski definition) is 2. The number of rotatable bonds is 7. The number of aryl methyl sites for hydroxylation is 2. The quantitative estimate of drug-likeness (QED) is 0.277. The van der Waals surface area contributed by atoms with Gasteiger partial charge in [0, 0.05) is 36.5 Å². The minimum atomic E-state index is -0.274. The summed E-state index contributed by atoms with van der Waals surface area (Å²) in [6.07, 6.45) is 1.65. The zero-order chi connectivity index (χ0) is 28.3. The fourth-order valence-corrected chi connectivity index (χ4v) is 5.09. The van der Waals surface area contributed by atoms with Crippen molar-refractivity contribution >= 4 is 34.0 Å². The Kier molecular flexibility index (Phi) is 8.09. The van der Waals surface area contributed by atoms with E-state index in [1.807, 2.05) is 44.2 Å². The molecule has 4 aromatic rings. The van der Waals surface area contributed by atoms with Crippen molar-refractivity contribution in [3.63, 3.8) is 0 Å². The smallest absolute Gasteiger partial charge is 0.332 e. The van der Waals surface area contributed by atoms with Crippen LogP contribution in [-0.4, -0.2) is 60.6 Å². The molecule has 8 nitrogen and oxygen atoms in total. The molecule has 5 rings (SSSR count). The molecule has 40 heavy (non-hydrogen) atoms. The van der Waals surface area contributed by atoms with Crippen molar-refractivity contribution in [1.82, 2.24) is 15.1 Å². The Labute approximate surface area is 236 Å². The number of benzene rings is 3. The molecule has 0 aliphatic carbocycles. The number of ether oxygens (including phenoxy) is 2. The number of fused-ring (bicyclic) bond motifs is 1. The zero-order valence-corrected chi connectivity index (χ0v) is 24.1. The lowest BCUT2D eigenvalue weighted by atomic mass is 9.86. The Balaban J connectivity index is 1.45. The van der Waals surface area contributed by atoms with Crippen molar-refractivity contribution in [2.75, 3.05) is 49.7 Å².